The molecular formula is C19H34IN5O. The van der Waals surface area contributed by atoms with Gasteiger partial charge in [0, 0.05) is 52.6 Å². The maximum absolute atomic E-state index is 5.72. The van der Waals surface area contributed by atoms with Crippen LogP contribution in [-0.4, -0.2) is 61.8 Å². The molecule has 26 heavy (non-hydrogen) atoms. The molecule has 1 fully saturated rings. The van der Waals surface area contributed by atoms with Gasteiger partial charge in [0.1, 0.15) is 5.82 Å². The van der Waals surface area contributed by atoms with E-state index in [0.29, 0.717) is 6.10 Å². The van der Waals surface area contributed by atoms with Crippen LogP contribution in [0.2, 0.25) is 0 Å². The van der Waals surface area contributed by atoms with Crippen LogP contribution < -0.4 is 10.2 Å². The van der Waals surface area contributed by atoms with Crippen molar-refractivity contribution in [2.75, 3.05) is 44.7 Å². The van der Waals surface area contributed by atoms with Crippen molar-refractivity contribution >= 4 is 35.8 Å². The number of nitrogens with one attached hydrogen (secondary N) is 1. The number of guanidine groups is 1. The Kier molecular flexibility index (Phi) is 10.9. The second-order valence-electron chi connectivity index (χ2n) is 6.24. The summed E-state index contributed by atoms with van der Waals surface area (Å²) in [6.07, 6.45) is 4.48. The first-order valence-electron chi connectivity index (χ1n) is 9.48. The largest absolute Gasteiger partial charge is 0.378 e. The van der Waals surface area contributed by atoms with E-state index in [-0.39, 0.29) is 24.0 Å². The molecule has 1 aliphatic rings. The van der Waals surface area contributed by atoms with Gasteiger partial charge in [0.15, 0.2) is 5.96 Å². The maximum atomic E-state index is 5.72. The molecule has 1 aromatic heterocycles. The van der Waals surface area contributed by atoms with Gasteiger partial charge in [-0.3, -0.25) is 4.99 Å². The molecule has 0 bridgehead atoms. The maximum Gasteiger partial charge on any atom is 0.193 e. The van der Waals surface area contributed by atoms with Crippen LogP contribution in [0.1, 0.15) is 39.2 Å². The van der Waals surface area contributed by atoms with Gasteiger partial charge in [0.2, 0.25) is 0 Å². The summed E-state index contributed by atoms with van der Waals surface area (Å²) in [5, 5.41) is 3.46. The van der Waals surface area contributed by atoms with Gasteiger partial charge < -0.3 is 19.9 Å². The molecule has 1 aliphatic heterocycles. The fraction of sp³-hybridized carbons (Fsp3) is 0.684. The Morgan fingerprint density at radius 1 is 1.27 bits per heavy atom. The van der Waals surface area contributed by atoms with Crippen molar-refractivity contribution in [1.29, 1.82) is 0 Å². The summed E-state index contributed by atoms with van der Waals surface area (Å²) in [5.74, 6) is 2.00. The van der Waals surface area contributed by atoms with Crippen molar-refractivity contribution in [3.8, 4) is 0 Å². The molecule has 0 saturated carbocycles. The van der Waals surface area contributed by atoms with Gasteiger partial charge in [-0.1, -0.05) is 6.07 Å². The van der Waals surface area contributed by atoms with E-state index in [1.807, 2.05) is 13.2 Å². The summed E-state index contributed by atoms with van der Waals surface area (Å²) in [6, 6.07) is 4.24. The number of aromatic nitrogens is 1. The lowest BCUT2D eigenvalue weighted by Crippen LogP contribution is -2.46. The summed E-state index contributed by atoms with van der Waals surface area (Å²) >= 11 is 0. The van der Waals surface area contributed by atoms with Gasteiger partial charge in [-0.25, -0.2) is 4.98 Å². The molecule has 0 atom stereocenters. The van der Waals surface area contributed by atoms with Crippen molar-refractivity contribution in [3.05, 3.63) is 23.9 Å². The Morgan fingerprint density at radius 2 is 1.96 bits per heavy atom. The Bertz CT molecular complexity index is 525. The SMILES string of the molecule is CCOC1CCN(C(=NC)NCc2ccc(N(CC)CC)nc2)CC1.I. The normalized spacial score (nSPS) is 15.5. The first-order chi connectivity index (χ1) is 12.2. The van der Waals surface area contributed by atoms with Gasteiger partial charge in [-0.05, 0) is 45.2 Å². The zero-order valence-electron chi connectivity index (χ0n) is 16.6. The molecular weight excluding hydrogens is 441 g/mol. The smallest absolute Gasteiger partial charge is 0.193 e. The molecule has 2 heterocycles. The summed E-state index contributed by atoms with van der Waals surface area (Å²) in [7, 11) is 1.85. The van der Waals surface area contributed by atoms with Gasteiger partial charge in [-0.15, -0.1) is 24.0 Å². The average Bonchev–Trinajstić information content (AvgIpc) is 2.66. The third kappa shape index (κ3) is 6.57. The van der Waals surface area contributed by atoms with E-state index in [0.717, 1.165) is 63.9 Å². The van der Waals surface area contributed by atoms with E-state index in [1.54, 1.807) is 0 Å². The number of rotatable bonds is 7. The first-order valence-corrected chi connectivity index (χ1v) is 9.48. The van der Waals surface area contributed by atoms with Crippen LogP contribution in [0.25, 0.3) is 0 Å². The highest BCUT2D eigenvalue weighted by Gasteiger charge is 2.21. The minimum Gasteiger partial charge on any atom is -0.378 e. The highest BCUT2D eigenvalue weighted by atomic mass is 127. The zero-order valence-corrected chi connectivity index (χ0v) is 18.9. The van der Waals surface area contributed by atoms with E-state index < -0.39 is 0 Å². The minimum absolute atomic E-state index is 0. The highest BCUT2D eigenvalue weighted by molar-refractivity contribution is 14.0. The van der Waals surface area contributed by atoms with E-state index in [9.17, 15) is 0 Å². The quantitative estimate of drug-likeness (QED) is 0.373. The summed E-state index contributed by atoms with van der Waals surface area (Å²) in [6.45, 7) is 11.8. The molecule has 6 nitrogen and oxygen atoms in total. The molecule has 0 spiro atoms. The molecule has 0 radical (unpaired) electrons. The molecule has 1 saturated heterocycles. The fourth-order valence-corrected chi connectivity index (χ4v) is 3.24. The number of piperidine rings is 1. The van der Waals surface area contributed by atoms with Gasteiger partial charge in [0.05, 0.1) is 6.10 Å². The van der Waals surface area contributed by atoms with Crippen LogP contribution in [0, 0.1) is 0 Å². The van der Waals surface area contributed by atoms with Crippen LogP contribution in [0.5, 0.6) is 0 Å². The third-order valence-corrected chi connectivity index (χ3v) is 4.70. The first kappa shape index (κ1) is 23.0. The Balaban J connectivity index is 0.00000338. The number of likely N-dealkylation sites (tertiary alicyclic amines) is 1. The van der Waals surface area contributed by atoms with Crippen LogP contribution >= 0.6 is 24.0 Å². The van der Waals surface area contributed by atoms with Crippen LogP contribution in [0.4, 0.5) is 5.82 Å². The Labute approximate surface area is 175 Å². The Morgan fingerprint density at radius 3 is 2.46 bits per heavy atom. The lowest BCUT2D eigenvalue weighted by Gasteiger charge is -2.34. The number of nitrogens with zero attached hydrogens (tertiary/aromatic N) is 4. The van der Waals surface area contributed by atoms with E-state index in [4.69, 9.17) is 4.74 Å². The number of aliphatic imine (C=N–C) groups is 1. The third-order valence-electron chi connectivity index (χ3n) is 4.70. The van der Waals surface area contributed by atoms with E-state index in [1.165, 1.54) is 5.56 Å². The zero-order chi connectivity index (χ0) is 18.1. The molecule has 0 aliphatic carbocycles. The second kappa shape index (κ2) is 12.3. The molecule has 0 aromatic carbocycles. The minimum atomic E-state index is 0. The van der Waals surface area contributed by atoms with Crippen molar-refractivity contribution < 1.29 is 4.74 Å². The summed E-state index contributed by atoms with van der Waals surface area (Å²) in [4.78, 5) is 13.6. The Hall–Kier alpha value is -1.09. The van der Waals surface area contributed by atoms with Gasteiger partial charge in [0.25, 0.3) is 0 Å². The number of anilines is 1. The molecule has 1 N–H and O–H groups in total. The lowest BCUT2D eigenvalue weighted by atomic mass is 10.1. The predicted molar refractivity (Wildman–Crippen MR) is 120 cm³/mol. The molecule has 7 heteroatoms. The van der Waals surface area contributed by atoms with Crippen molar-refractivity contribution in [2.24, 2.45) is 4.99 Å². The topological polar surface area (TPSA) is 53.0 Å². The highest BCUT2D eigenvalue weighted by Crippen LogP contribution is 2.14. The molecule has 148 valence electrons. The van der Waals surface area contributed by atoms with E-state index >= 15 is 0 Å². The number of hydrogen-bond acceptors (Lipinski definition) is 4. The van der Waals surface area contributed by atoms with E-state index in [2.05, 4.69) is 58.0 Å². The number of halogens is 1. The number of hydrogen-bond donors (Lipinski definition) is 1. The monoisotopic (exact) mass is 475 g/mol. The number of pyridine rings is 1. The van der Waals surface area contributed by atoms with Crippen molar-refractivity contribution in [1.82, 2.24) is 15.2 Å². The number of ether oxygens (including phenoxy) is 1. The predicted octanol–water partition coefficient (Wildman–Crippen LogP) is 3.12. The summed E-state index contributed by atoms with van der Waals surface area (Å²) in [5.41, 5.74) is 1.17. The molecule has 0 amide bonds. The fourth-order valence-electron chi connectivity index (χ4n) is 3.24. The van der Waals surface area contributed by atoms with Gasteiger partial charge >= 0.3 is 0 Å². The molecule has 1 aromatic rings. The van der Waals surface area contributed by atoms with Crippen LogP contribution in [0.15, 0.2) is 23.3 Å². The average molecular weight is 475 g/mol. The van der Waals surface area contributed by atoms with Crippen LogP contribution in [0.3, 0.4) is 0 Å². The van der Waals surface area contributed by atoms with Crippen molar-refractivity contribution in [2.45, 2.75) is 46.3 Å². The summed E-state index contributed by atoms with van der Waals surface area (Å²) < 4.78 is 5.72. The second-order valence-corrected chi connectivity index (χ2v) is 6.24. The molecule has 0 unspecified atom stereocenters. The lowest BCUT2D eigenvalue weighted by molar-refractivity contribution is 0.0263. The van der Waals surface area contributed by atoms with Gasteiger partial charge in [-0.2, -0.15) is 0 Å². The molecule has 2 rings (SSSR count). The van der Waals surface area contributed by atoms with Crippen LogP contribution in [-0.2, 0) is 11.3 Å². The standard InChI is InChI=1S/C19H33N5O.HI/c1-5-23(6-2)18-9-8-16(14-21-18)15-22-19(20-4)24-12-10-17(11-13-24)25-7-3;/h8-9,14,17H,5-7,10-13,15H2,1-4H3,(H,20,22);1H. The van der Waals surface area contributed by atoms with Crippen molar-refractivity contribution in [3.63, 3.8) is 0 Å².